The molecule has 0 saturated heterocycles. The lowest BCUT2D eigenvalue weighted by Gasteiger charge is -2.14. The van der Waals surface area contributed by atoms with Gasteiger partial charge in [-0.15, -0.1) is 0 Å². The quantitative estimate of drug-likeness (QED) is 0.900. The first-order valence-corrected chi connectivity index (χ1v) is 7.75. The van der Waals surface area contributed by atoms with Crippen LogP contribution >= 0.6 is 15.9 Å². The van der Waals surface area contributed by atoms with E-state index in [1.807, 2.05) is 56.6 Å². The highest BCUT2D eigenvalue weighted by Crippen LogP contribution is 2.24. The molecule has 0 aliphatic rings. The van der Waals surface area contributed by atoms with Crippen molar-refractivity contribution >= 4 is 27.5 Å². The second-order valence-corrected chi connectivity index (χ2v) is 6.19. The van der Waals surface area contributed by atoms with Gasteiger partial charge < -0.3 is 5.32 Å². The van der Waals surface area contributed by atoms with Crippen LogP contribution < -0.4 is 5.32 Å². The molecule has 0 radical (unpaired) electrons. The Morgan fingerprint density at radius 3 is 2.43 bits per heavy atom. The van der Waals surface area contributed by atoms with Crippen molar-refractivity contribution in [3.63, 3.8) is 0 Å². The Bertz CT molecular complexity index is 646. The largest absolute Gasteiger partial charge is 0.326 e. The third-order valence-electron chi connectivity index (χ3n) is 3.47. The summed E-state index contributed by atoms with van der Waals surface area (Å²) < 4.78 is 2.90. The summed E-state index contributed by atoms with van der Waals surface area (Å²) in [6.45, 7) is 7.97. The number of carbonyl (C=O) groups excluding carboxylic acids is 1. The molecule has 0 saturated carbocycles. The van der Waals surface area contributed by atoms with Crippen molar-refractivity contribution < 1.29 is 4.79 Å². The second-order valence-electron chi connectivity index (χ2n) is 5.40. The number of carbonyl (C=O) groups is 1. The number of halogens is 1. The summed E-state index contributed by atoms with van der Waals surface area (Å²) in [6, 6.07) is 7.81. The SMILES string of the molecule is Cc1ccc(NC(=O)C[C@@H](C)n2nc(C)c(Br)c2C)cc1. The van der Waals surface area contributed by atoms with Gasteiger partial charge in [-0.2, -0.15) is 5.10 Å². The molecule has 112 valence electrons. The van der Waals surface area contributed by atoms with Gasteiger partial charge in [0.05, 0.1) is 21.9 Å². The van der Waals surface area contributed by atoms with E-state index >= 15 is 0 Å². The van der Waals surface area contributed by atoms with Crippen molar-refractivity contribution in [3.05, 3.63) is 45.7 Å². The third-order valence-corrected chi connectivity index (χ3v) is 4.62. The Labute approximate surface area is 133 Å². The number of amides is 1. The molecule has 2 aromatic rings. The number of benzene rings is 1. The average Bonchev–Trinajstić information content (AvgIpc) is 2.69. The van der Waals surface area contributed by atoms with Crippen LogP contribution in [0.1, 0.15) is 36.3 Å². The lowest BCUT2D eigenvalue weighted by molar-refractivity contribution is -0.116. The average molecular weight is 350 g/mol. The van der Waals surface area contributed by atoms with Gasteiger partial charge in [0.2, 0.25) is 5.91 Å². The van der Waals surface area contributed by atoms with E-state index in [2.05, 4.69) is 26.3 Å². The molecule has 1 heterocycles. The minimum absolute atomic E-state index is 0.00460. The lowest BCUT2D eigenvalue weighted by atomic mass is 10.2. The fourth-order valence-electron chi connectivity index (χ4n) is 2.28. The van der Waals surface area contributed by atoms with Gasteiger partial charge in [0, 0.05) is 12.1 Å². The summed E-state index contributed by atoms with van der Waals surface area (Å²) in [5.74, 6) is -0.00460. The van der Waals surface area contributed by atoms with Crippen LogP contribution in [-0.2, 0) is 4.79 Å². The maximum Gasteiger partial charge on any atom is 0.226 e. The highest BCUT2D eigenvalue weighted by atomic mass is 79.9. The standard InChI is InChI=1S/C16H20BrN3O/c1-10-5-7-14(8-6-10)18-15(21)9-11(2)20-13(4)16(17)12(3)19-20/h5-8,11H,9H2,1-4H3,(H,18,21)/t11-/m1/s1. The smallest absolute Gasteiger partial charge is 0.226 e. The van der Waals surface area contributed by atoms with Crippen molar-refractivity contribution in [2.45, 2.75) is 40.2 Å². The molecule has 0 unspecified atom stereocenters. The molecular formula is C16H20BrN3O. The molecule has 5 heteroatoms. The summed E-state index contributed by atoms with van der Waals surface area (Å²) in [5.41, 5.74) is 3.99. The van der Waals surface area contributed by atoms with Gasteiger partial charge in [0.1, 0.15) is 0 Å². The van der Waals surface area contributed by atoms with Gasteiger partial charge in [-0.3, -0.25) is 9.48 Å². The van der Waals surface area contributed by atoms with Gasteiger partial charge in [-0.05, 0) is 55.8 Å². The zero-order valence-electron chi connectivity index (χ0n) is 12.8. The molecule has 0 bridgehead atoms. The number of nitrogens with zero attached hydrogens (tertiary/aromatic N) is 2. The zero-order chi connectivity index (χ0) is 15.6. The first-order valence-electron chi connectivity index (χ1n) is 6.96. The topological polar surface area (TPSA) is 46.9 Å². The van der Waals surface area contributed by atoms with E-state index in [-0.39, 0.29) is 11.9 Å². The van der Waals surface area contributed by atoms with E-state index in [0.717, 1.165) is 21.5 Å². The number of hydrogen-bond acceptors (Lipinski definition) is 2. The van der Waals surface area contributed by atoms with Gasteiger partial charge >= 0.3 is 0 Å². The minimum atomic E-state index is -0.00460. The molecule has 4 nitrogen and oxygen atoms in total. The van der Waals surface area contributed by atoms with Crippen molar-refractivity contribution in [1.29, 1.82) is 0 Å². The Morgan fingerprint density at radius 2 is 1.90 bits per heavy atom. The molecule has 1 aromatic heterocycles. The van der Waals surface area contributed by atoms with Gasteiger partial charge in [0.15, 0.2) is 0 Å². The predicted octanol–water partition coefficient (Wildman–Crippen LogP) is 4.16. The van der Waals surface area contributed by atoms with Crippen LogP contribution in [0.5, 0.6) is 0 Å². The van der Waals surface area contributed by atoms with Crippen LogP contribution in [0.25, 0.3) is 0 Å². The summed E-state index contributed by atoms with van der Waals surface area (Å²) >= 11 is 3.51. The van der Waals surface area contributed by atoms with Crippen LogP contribution in [0.3, 0.4) is 0 Å². The number of anilines is 1. The molecule has 1 aromatic carbocycles. The van der Waals surface area contributed by atoms with Crippen LogP contribution in [-0.4, -0.2) is 15.7 Å². The molecule has 21 heavy (non-hydrogen) atoms. The van der Waals surface area contributed by atoms with Gasteiger partial charge in [0.25, 0.3) is 0 Å². The van der Waals surface area contributed by atoms with Crippen molar-refractivity contribution in [1.82, 2.24) is 9.78 Å². The van der Waals surface area contributed by atoms with Crippen LogP contribution in [0.2, 0.25) is 0 Å². The van der Waals surface area contributed by atoms with Crippen LogP contribution in [0, 0.1) is 20.8 Å². The summed E-state index contributed by atoms with van der Waals surface area (Å²) in [6.07, 6.45) is 0.391. The van der Waals surface area contributed by atoms with E-state index in [0.29, 0.717) is 6.42 Å². The van der Waals surface area contributed by atoms with E-state index < -0.39 is 0 Å². The van der Waals surface area contributed by atoms with Crippen molar-refractivity contribution in [2.75, 3.05) is 5.32 Å². The first-order chi connectivity index (χ1) is 9.88. The normalized spacial score (nSPS) is 12.2. The Hall–Kier alpha value is -1.62. The number of aromatic nitrogens is 2. The Kier molecular flexibility index (Phi) is 4.83. The van der Waals surface area contributed by atoms with Crippen LogP contribution in [0.15, 0.2) is 28.7 Å². The maximum atomic E-state index is 12.1. The Balaban J connectivity index is 2.01. The number of nitrogens with one attached hydrogen (secondary N) is 1. The molecule has 1 atom stereocenters. The van der Waals surface area contributed by atoms with Crippen molar-refractivity contribution in [3.8, 4) is 0 Å². The van der Waals surface area contributed by atoms with Crippen LogP contribution in [0.4, 0.5) is 5.69 Å². The molecule has 0 aliphatic carbocycles. The minimum Gasteiger partial charge on any atom is -0.326 e. The summed E-state index contributed by atoms with van der Waals surface area (Å²) in [5, 5.41) is 7.39. The molecule has 0 spiro atoms. The molecule has 0 fully saturated rings. The fraction of sp³-hybridized carbons (Fsp3) is 0.375. The molecule has 2 rings (SSSR count). The van der Waals surface area contributed by atoms with Gasteiger partial charge in [-0.1, -0.05) is 17.7 Å². The predicted molar refractivity (Wildman–Crippen MR) is 88.5 cm³/mol. The highest BCUT2D eigenvalue weighted by molar-refractivity contribution is 9.10. The zero-order valence-corrected chi connectivity index (χ0v) is 14.4. The maximum absolute atomic E-state index is 12.1. The van der Waals surface area contributed by atoms with E-state index in [1.165, 1.54) is 5.56 Å². The second kappa shape index (κ2) is 6.43. The monoisotopic (exact) mass is 349 g/mol. The fourth-order valence-corrected chi connectivity index (χ4v) is 2.54. The third kappa shape index (κ3) is 3.73. The van der Waals surface area contributed by atoms with Crippen molar-refractivity contribution in [2.24, 2.45) is 0 Å². The highest BCUT2D eigenvalue weighted by Gasteiger charge is 2.17. The summed E-state index contributed by atoms with van der Waals surface area (Å²) in [7, 11) is 0. The lowest BCUT2D eigenvalue weighted by Crippen LogP contribution is -2.19. The van der Waals surface area contributed by atoms with E-state index in [1.54, 1.807) is 0 Å². The molecule has 1 amide bonds. The number of rotatable bonds is 4. The number of hydrogen-bond donors (Lipinski definition) is 1. The van der Waals surface area contributed by atoms with Gasteiger partial charge in [-0.25, -0.2) is 0 Å². The molecule has 0 aliphatic heterocycles. The summed E-state index contributed by atoms with van der Waals surface area (Å²) in [4.78, 5) is 12.1. The van der Waals surface area contributed by atoms with E-state index in [4.69, 9.17) is 0 Å². The molecule has 1 N–H and O–H groups in total. The number of aryl methyl sites for hydroxylation is 2. The molecular weight excluding hydrogens is 330 g/mol. The Morgan fingerprint density at radius 1 is 1.29 bits per heavy atom. The van der Waals surface area contributed by atoms with E-state index in [9.17, 15) is 4.79 Å². The first kappa shape index (κ1) is 15.8.